The Morgan fingerprint density at radius 3 is 2.44 bits per heavy atom. The smallest absolute Gasteiger partial charge is 0.148 e. The van der Waals surface area contributed by atoms with Crippen LogP contribution in [-0.2, 0) is 0 Å². The summed E-state index contributed by atoms with van der Waals surface area (Å²) < 4.78 is 13.0. The predicted octanol–water partition coefficient (Wildman–Crippen LogP) is 3.97. The Morgan fingerprint density at radius 1 is 0.920 bits per heavy atom. The van der Waals surface area contributed by atoms with Gasteiger partial charge in [0.05, 0.1) is 5.69 Å². The molecule has 1 aromatic heterocycles. The fourth-order valence-corrected chi connectivity index (χ4v) is 3.14. The summed E-state index contributed by atoms with van der Waals surface area (Å²) in [6, 6.07) is 20.9. The highest BCUT2D eigenvalue weighted by atomic mass is 19.1. The van der Waals surface area contributed by atoms with E-state index >= 15 is 0 Å². The predicted molar refractivity (Wildman–Crippen MR) is 98.1 cm³/mol. The Bertz CT molecular complexity index is 819. The van der Waals surface area contributed by atoms with Crippen molar-refractivity contribution in [3.8, 4) is 11.3 Å². The molecule has 0 amide bonds. The highest BCUT2D eigenvalue weighted by molar-refractivity contribution is 5.59. The van der Waals surface area contributed by atoms with Gasteiger partial charge >= 0.3 is 0 Å². The summed E-state index contributed by atoms with van der Waals surface area (Å²) in [6.45, 7) is 1.98. The average Bonchev–Trinajstić information content (AvgIpc) is 3.12. The SMILES string of the molecule is Fc1ccc(-c2ccc(NC3CCN(c4ccccc4)C3)nn2)cc1. The van der Waals surface area contributed by atoms with Crippen molar-refractivity contribution >= 4 is 11.5 Å². The molecule has 5 heteroatoms. The molecule has 0 bridgehead atoms. The van der Waals surface area contributed by atoms with Crippen molar-refractivity contribution in [1.82, 2.24) is 10.2 Å². The van der Waals surface area contributed by atoms with Gasteiger partial charge in [-0.25, -0.2) is 4.39 Å². The summed E-state index contributed by atoms with van der Waals surface area (Å²) in [6.07, 6.45) is 1.07. The maximum atomic E-state index is 13.0. The number of nitrogens with zero attached hydrogens (tertiary/aromatic N) is 3. The van der Waals surface area contributed by atoms with E-state index in [1.807, 2.05) is 18.2 Å². The molecule has 25 heavy (non-hydrogen) atoms. The lowest BCUT2D eigenvalue weighted by molar-refractivity contribution is 0.628. The molecule has 1 saturated heterocycles. The molecular weight excluding hydrogens is 315 g/mol. The number of rotatable bonds is 4. The summed E-state index contributed by atoms with van der Waals surface area (Å²) in [4.78, 5) is 2.37. The molecule has 2 aromatic carbocycles. The molecule has 4 rings (SSSR count). The Labute approximate surface area is 146 Å². The Kier molecular flexibility index (Phi) is 4.29. The van der Waals surface area contributed by atoms with Gasteiger partial charge in [-0.3, -0.25) is 0 Å². The van der Waals surface area contributed by atoms with E-state index in [-0.39, 0.29) is 5.82 Å². The van der Waals surface area contributed by atoms with Crippen molar-refractivity contribution in [2.24, 2.45) is 0 Å². The van der Waals surface area contributed by atoms with E-state index in [0.29, 0.717) is 6.04 Å². The fourth-order valence-electron chi connectivity index (χ4n) is 3.14. The maximum Gasteiger partial charge on any atom is 0.148 e. The van der Waals surface area contributed by atoms with Gasteiger partial charge in [0.2, 0.25) is 0 Å². The van der Waals surface area contributed by atoms with Crippen molar-refractivity contribution in [1.29, 1.82) is 0 Å². The lowest BCUT2D eigenvalue weighted by atomic mass is 10.1. The monoisotopic (exact) mass is 334 g/mol. The first-order chi connectivity index (χ1) is 12.3. The Balaban J connectivity index is 1.39. The van der Waals surface area contributed by atoms with Gasteiger partial charge in [0.25, 0.3) is 0 Å². The van der Waals surface area contributed by atoms with Crippen LogP contribution in [0, 0.1) is 5.82 Å². The third-order valence-electron chi connectivity index (χ3n) is 4.47. The first-order valence-electron chi connectivity index (χ1n) is 8.44. The summed E-state index contributed by atoms with van der Waals surface area (Å²) in [5.41, 5.74) is 2.85. The normalized spacial score (nSPS) is 16.8. The quantitative estimate of drug-likeness (QED) is 0.784. The molecule has 0 radical (unpaired) electrons. The zero-order valence-electron chi connectivity index (χ0n) is 13.8. The third kappa shape index (κ3) is 3.60. The molecule has 3 aromatic rings. The standard InChI is InChI=1S/C20H19FN4/c21-16-8-6-15(7-9-16)19-10-11-20(24-23-19)22-17-12-13-25(14-17)18-4-2-1-3-5-18/h1-11,17H,12-14H2,(H,22,24). The number of hydrogen-bond donors (Lipinski definition) is 1. The summed E-state index contributed by atoms with van der Waals surface area (Å²) >= 11 is 0. The molecule has 1 atom stereocenters. The van der Waals surface area contributed by atoms with Crippen LogP contribution in [0.4, 0.5) is 15.9 Å². The van der Waals surface area contributed by atoms with Crippen molar-refractivity contribution < 1.29 is 4.39 Å². The van der Waals surface area contributed by atoms with E-state index in [4.69, 9.17) is 0 Å². The lowest BCUT2D eigenvalue weighted by Crippen LogP contribution is -2.26. The van der Waals surface area contributed by atoms with Crippen LogP contribution in [0.5, 0.6) is 0 Å². The molecule has 0 saturated carbocycles. The largest absolute Gasteiger partial charge is 0.369 e. The second-order valence-corrected chi connectivity index (χ2v) is 6.22. The Morgan fingerprint density at radius 2 is 1.72 bits per heavy atom. The van der Waals surface area contributed by atoms with Gasteiger partial charge in [-0.2, -0.15) is 0 Å². The maximum absolute atomic E-state index is 13.0. The zero-order valence-corrected chi connectivity index (χ0v) is 13.8. The molecule has 1 unspecified atom stereocenters. The van der Waals surface area contributed by atoms with Crippen LogP contribution in [-0.4, -0.2) is 29.3 Å². The first-order valence-corrected chi connectivity index (χ1v) is 8.44. The van der Waals surface area contributed by atoms with Crippen molar-refractivity contribution in [3.05, 3.63) is 72.5 Å². The molecule has 4 nitrogen and oxygen atoms in total. The molecule has 2 heterocycles. The van der Waals surface area contributed by atoms with Crippen LogP contribution < -0.4 is 10.2 Å². The first kappa shape index (κ1) is 15.6. The van der Waals surface area contributed by atoms with Gasteiger partial charge in [0.1, 0.15) is 11.6 Å². The van der Waals surface area contributed by atoms with Crippen molar-refractivity contribution in [2.45, 2.75) is 12.5 Å². The van der Waals surface area contributed by atoms with E-state index in [9.17, 15) is 4.39 Å². The van der Waals surface area contributed by atoms with Gasteiger partial charge in [-0.05, 0) is 55.0 Å². The number of nitrogens with one attached hydrogen (secondary N) is 1. The minimum Gasteiger partial charge on any atom is -0.369 e. The highest BCUT2D eigenvalue weighted by Crippen LogP contribution is 2.22. The van der Waals surface area contributed by atoms with E-state index < -0.39 is 0 Å². The van der Waals surface area contributed by atoms with Crippen LogP contribution in [0.15, 0.2) is 66.7 Å². The third-order valence-corrected chi connectivity index (χ3v) is 4.47. The Hall–Kier alpha value is -2.95. The van der Waals surface area contributed by atoms with E-state index in [1.54, 1.807) is 12.1 Å². The van der Waals surface area contributed by atoms with Crippen LogP contribution in [0.25, 0.3) is 11.3 Å². The van der Waals surface area contributed by atoms with Crippen molar-refractivity contribution in [2.75, 3.05) is 23.3 Å². The minimum atomic E-state index is -0.251. The second kappa shape index (κ2) is 6.89. The van der Waals surface area contributed by atoms with Gasteiger partial charge < -0.3 is 10.2 Å². The summed E-state index contributed by atoms with van der Waals surface area (Å²) in [5, 5.41) is 12.0. The van der Waals surface area contributed by atoms with Crippen LogP contribution in [0.2, 0.25) is 0 Å². The number of aromatic nitrogens is 2. The van der Waals surface area contributed by atoms with E-state index in [0.717, 1.165) is 36.6 Å². The summed E-state index contributed by atoms with van der Waals surface area (Å²) in [5.74, 6) is 0.518. The highest BCUT2D eigenvalue weighted by Gasteiger charge is 2.22. The van der Waals surface area contributed by atoms with Crippen LogP contribution >= 0.6 is 0 Å². The fraction of sp³-hybridized carbons (Fsp3) is 0.200. The van der Waals surface area contributed by atoms with Gasteiger partial charge in [0, 0.05) is 30.4 Å². The number of hydrogen-bond acceptors (Lipinski definition) is 4. The number of para-hydroxylation sites is 1. The van der Waals surface area contributed by atoms with E-state index in [2.05, 4.69) is 44.7 Å². The van der Waals surface area contributed by atoms with Gasteiger partial charge in [-0.1, -0.05) is 18.2 Å². The zero-order chi connectivity index (χ0) is 17.1. The molecule has 0 aliphatic carbocycles. The number of halogens is 1. The molecule has 1 N–H and O–H groups in total. The summed E-state index contributed by atoms with van der Waals surface area (Å²) in [7, 11) is 0. The topological polar surface area (TPSA) is 41.0 Å². The molecule has 126 valence electrons. The number of anilines is 2. The second-order valence-electron chi connectivity index (χ2n) is 6.22. The van der Waals surface area contributed by atoms with Crippen LogP contribution in [0.3, 0.4) is 0 Å². The molecular formula is C20H19FN4. The average molecular weight is 334 g/mol. The van der Waals surface area contributed by atoms with Gasteiger partial charge in [-0.15, -0.1) is 10.2 Å². The molecule has 1 aliphatic heterocycles. The molecule has 0 spiro atoms. The molecule has 1 fully saturated rings. The van der Waals surface area contributed by atoms with Crippen LogP contribution in [0.1, 0.15) is 6.42 Å². The minimum absolute atomic E-state index is 0.251. The van der Waals surface area contributed by atoms with E-state index in [1.165, 1.54) is 17.8 Å². The number of benzene rings is 2. The van der Waals surface area contributed by atoms with Crippen molar-refractivity contribution in [3.63, 3.8) is 0 Å². The van der Waals surface area contributed by atoms with Gasteiger partial charge in [0.15, 0.2) is 0 Å². The lowest BCUT2D eigenvalue weighted by Gasteiger charge is -2.19. The molecule has 1 aliphatic rings.